The smallest absolute Gasteiger partial charge is 0.437 e. The molecule has 1 aliphatic carbocycles. The van der Waals surface area contributed by atoms with Crippen LogP contribution in [0.1, 0.15) is 82.1 Å². The van der Waals surface area contributed by atoms with Crippen LogP contribution in [-0.2, 0) is 14.3 Å². The average molecular weight is 532 g/mol. The van der Waals surface area contributed by atoms with Gasteiger partial charge in [0.15, 0.2) is 5.78 Å². The molecule has 2 rings (SSSR count). The van der Waals surface area contributed by atoms with Gasteiger partial charge in [-0.3, -0.25) is 9.79 Å². The summed E-state index contributed by atoms with van der Waals surface area (Å²) in [7, 11) is 0. The van der Waals surface area contributed by atoms with Gasteiger partial charge in [-0.15, -0.1) is 4.99 Å². The van der Waals surface area contributed by atoms with Crippen LogP contribution < -0.4 is 0 Å². The second kappa shape index (κ2) is 11.5. The van der Waals surface area contributed by atoms with Crippen molar-refractivity contribution in [1.82, 2.24) is 14.7 Å². The number of carbonyl (C=O) groups excluding carboxylic acids is 3. The van der Waals surface area contributed by atoms with E-state index in [1.807, 2.05) is 13.8 Å². The molecule has 1 aromatic heterocycles. The molecular formula is C27H41N5O6. The Kier molecular flexibility index (Phi) is 9.29. The van der Waals surface area contributed by atoms with Gasteiger partial charge in [-0.25, -0.2) is 19.2 Å². The molecule has 11 heteroatoms. The highest BCUT2D eigenvalue weighted by Crippen LogP contribution is 2.36. The standard InChI is InChI=1S/C27H41N5O6/c1-17(29-18(2)21-19(33)14-27(9,10)15-20(21)34)16-31(24(36)38-26(6,7)8)22(32-13-11-12-28-32)30-23(35)37-25(3,4)5/h11-13,17,33H,14-16H2,1-10H3. The summed E-state index contributed by atoms with van der Waals surface area (Å²) in [6.07, 6.45) is 2.00. The molecule has 0 spiro atoms. The molecule has 0 fully saturated rings. The van der Waals surface area contributed by atoms with Crippen molar-refractivity contribution in [2.24, 2.45) is 15.4 Å². The number of rotatable bonds is 4. The minimum atomic E-state index is -0.908. The van der Waals surface area contributed by atoms with Crippen LogP contribution in [0.25, 0.3) is 0 Å². The van der Waals surface area contributed by atoms with Crippen molar-refractivity contribution in [1.29, 1.82) is 0 Å². The molecule has 11 nitrogen and oxygen atoms in total. The minimum absolute atomic E-state index is 0.00687. The van der Waals surface area contributed by atoms with Gasteiger partial charge < -0.3 is 14.6 Å². The molecular weight excluding hydrogens is 490 g/mol. The van der Waals surface area contributed by atoms with Crippen LogP contribution in [0.4, 0.5) is 9.59 Å². The monoisotopic (exact) mass is 531 g/mol. The zero-order valence-electron chi connectivity index (χ0n) is 24.2. The Bertz CT molecular complexity index is 1130. The number of aromatic nitrogens is 2. The van der Waals surface area contributed by atoms with Gasteiger partial charge in [-0.05, 0) is 66.9 Å². The Hall–Kier alpha value is -3.50. The quantitative estimate of drug-likeness (QED) is 0.411. The molecule has 0 saturated heterocycles. The molecule has 0 radical (unpaired) electrons. The average Bonchev–Trinajstić information content (AvgIpc) is 3.20. The van der Waals surface area contributed by atoms with E-state index in [-0.39, 0.29) is 35.0 Å². The zero-order chi connectivity index (χ0) is 29.1. The maximum atomic E-state index is 13.3. The first kappa shape index (κ1) is 30.7. The van der Waals surface area contributed by atoms with E-state index in [1.54, 1.807) is 61.5 Å². The number of amides is 2. The van der Waals surface area contributed by atoms with E-state index in [4.69, 9.17) is 9.47 Å². The fourth-order valence-electron chi connectivity index (χ4n) is 3.94. The van der Waals surface area contributed by atoms with Gasteiger partial charge in [-0.1, -0.05) is 13.8 Å². The lowest BCUT2D eigenvalue weighted by Crippen LogP contribution is -2.47. The second-order valence-electron chi connectivity index (χ2n) is 12.3. The highest BCUT2D eigenvalue weighted by Gasteiger charge is 2.35. The van der Waals surface area contributed by atoms with Gasteiger partial charge in [0.25, 0.3) is 0 Å². The van der Waals surface area contributed by atoms with E-state index < -0.39 is 29.4 Å². The van der Waals surface area contributed by atoms with Crippen LogP contribution in [0, 0.1) is 5.41 Å². The zero-order valence-corrected chi connectivity index (χ0v) is 24.2. The van der Waals surface area contributed by atoms with Crippen molar-refractivity contribution in [3.8, 4) is 0 Å². The van der Waals surface area contributed by atoms with Gasteiger partial charge in [0.2, 0.25) is 5.96 Å². The van der Waals surface area contributed by atoms with Crippen molar-refractivity contribution in [2.45, 2.75) is 99.3 Å². The summed E-state index contributed by atoms with van der Waals surface area (Å²) >= 11 is 0. The number of aliphatic imine (C=N–C) groups is 2. The predicted octanol–water partition coefficient (Wildman–Crippen LogP) is 5.31. The highest BCUT2D eigenvalue weighted by molar-refractivity contribution is 6.22. The summed E-state index contributed by atoms with van der Waals surface area (Å²) in [6.45, 7) is 17.4. The third-order valence-electron chi connectivity index (χ3n) is 5.22. The van der Waals surface area contributed by atoms with Crippen LogP contribution in [0.3, 0.4) is 0 Å². The third kappa shape index (κ3) is 9.11. The lowest BCUT2D eigenvalue weighted by atomic mass is 9.76. The van der Waals surface area contributed by atoms with Crippen LogP contribution in [0.15, 0.2) is 39.8 Å². The van der Waals surface area contributed by atoms with Crippen molar-refractivity contribution >= 4 is 29.6 Å². The van der Waals surface area contributed by atoms with Crippen molar-refractivity contribution in [2.75, 3.05) is 6.54 Å². The number of Topliss-reactive ketones (excluding diaryl/α,β-unsaturated/α-hetero) is 1. The number of ketones is 1. The molecule has 1 aliphatic rings. The molecule has 38 heavy (non-hydrogen) atoms. The summed E-state index contributed by atoms with van der Waals surface area (Å²) in [6, 6.07) is 1.04. The molecule has 210 valence electrons. The predicted molar refractivity (Wildman–Crippen MR) is 144 cm³/mol. The summed E-state index contributed by atoms with van der Waals surface area (Å²) in [5.41, 5.74) is -1.41. The first-order valence-corrected chi connectivity index (χ1v) is 12.6. The summed E-state index contributed by atoms with van der Waals surface area (Å²) in [4.78, 5) is 48.5. The lowest BCUT2D eigenvalue weighted by molar-refractivity contribution is -0.118. The lowest BCUT2D eigenvalue weighted by Gasteiger charge is -2.30. The molecule has 1 unspecified atom stereocenters. The van der Waals surface area contributed by atoms with Gasteiger partial charge in [0.1, 0.15) is 17.0 Å². The minimum Gasteiger partial charge on any atom is -0.511 e. The number of hydrogen-bond acceptors (Lipinski definition) is 8. The van der Waals surface area contributed by atoms with Crippen molar-refractivity contribution in [3.05, 3.63) is 29.8 Å². The van der Waals surface area contributed by atoms with Crippen LogP contribution in [0.5, 0.6) is 0 Å². The number of hydrogen-bond donors (Lipinski definition) is 1. The largest absolute Gasteiger partial charge is 0.511 e. The highest BCUT2D eigenvalue weighted by atomic mass is 16.6. The molecule has 1 atom stereocenters. The van der Waals surface area contributed by atoms with Crippen LogP contribution in [-0.4, -0.2) is 73.2 Å². The van der Waals surface area contributed by atoms with E-state index in [1.165, 1.54) is 17.1 Å². The normalized spacial score (nSPS) is 17.8. The maximum Gasteiger partial charge on any atom is 0.437 e. The Morgan fingerprint density at radius 2 is 1.76 bits per heavy atom. The van der Waals surface area contributed by atoms with Crippen LogP contribution in [0.2, 0.25) is 0 Å². The van der Waals surface area contributed by atoms with E-state index in [0.717, 1.165) is 4.90 Å². The first-order valence-electron chi connectivity index (χ1n) is 12.6. The Balaban J connectivity index is 2.49. The summed E-state index contributed by atoms with van der Waals surface area (Å²) < 4.78 is 12.2. The molecule has 0 bridgehead atoms. The van der Waals surface area contributed by atoms with E-state index >= 15 is 0 Å². The topological polar surface area (TPSA) is 136 Å². The number of nitrogens with zero attached hydrogens (tertiary/aromatic N) is 5. The van der Waals surface area contributed by atoms with Crippen LogP contribution >= 0.6 is 0 Å². The van der Waals surface area contributed by atoms with Gasteiger partial charge in [0.05, 0.1) is 18.2 Å². The van der Waals surface area contributed by atoms with E-state index in [9.17, 15) is 19.5 Å². The molecule has 0 aliphatic heterocycles. The molecule has 2 amide bonds. The molecule has 1 heterocycles. The van der Waals surface area contributed by atoms with Gasteiger partial charge >= 0.3 is 12.2 Å². The molecule has 0 aromatic carbocycles. The molecule has 0 saturated carbocycles. The number of ether oxygens (including phenoxy) is 2. The number of allylic oxidation sites excluding steroid dienone is 2. The Morgan fingerprint density at radius 3 is 2.26 bits per heavy atom. The Labute approximate surface area is 224 Å². The number of carbonyl (C=O) groups is 3. The molecule has 1 N–H and O–H groups in total. The fraction of sp³-hybridized carbons (Fsp3) is 0.630. The molecule has 1 aromatic rings. The third-order valence-corrected chi connectivity index (χ3v) is 5.22. The maximum absolute atomic E-state index is 13.3. The Morgan fingerprint density at radius 1 is 1.16 bits per heavy atom. The van der Waals surface area contributed by atoms with Crippen molar-refractivity contribution in [3.63, 3.8) is 0 Å². The summed E-state index contributed by atoms with van der Waals surface area (Å²) in [5, 5.41) is 14.7. The van der Waals surface area contributed by atoms with E-state index in [0.29, 0.717) is 18.6 Å². The van der Waals surface area contributed by atoms with Gasteiger partial charge in [-0.2, -0.15) is 5.10 Å². The number of aliphatic hydroxyl groups is 1. The van der Waals surface area contributed by atoms with Gasteiger partial charge in [0, 0.05) is 30.9 Å². The first-order chi connectivity index (χ1) is 17.3. The second-order valence-corrected chi connectivity index (χ2v) is 12.3. The summed E-state index contributed by atoms with van der Waals surface area (Å²) in [5.74, 6) is -0.303. The number of aliphatic hydroxyl groups excluding tert-OH is 1. The fourth-order valence-corrected chi connectivity index (χ4v) is 3.94. The SMILES string of the molecule is CC(=NC(C)CN(C(=O)OC(C)(C)C)C(=NC(=O)OC(C)(C)C)n1cccn1)C1=C(O)CC(C)(C)CC1=O. The van der Waals surface area contributed by atoms with Crippen molar-refractivity contribution < 1.29 is 29.0 Å². The van der Waals surface area contributed by atoms with E-state index in [2.05, 4.69) is 15.1 Å².